The smallest absolute Gasteiger partial charge is 0.478 e. The molecule has 5 nitrogen and oxygen atoms in total. The molecule has 106 valence electrons. The zero-order valence-corrected chi connectivity index (χ0v) is 9.88. The minimum atomic E-state index is -5.06. The van der Waals surface area contributed by atoms with Crippen LogP contribution >= 0.6 is 0 Å². The summed E-state index contributed by atoms with van der Waals surface area (Å²) < 4.78 is 61.8. The van der Waals surface area contributed by atoms with Gasteiger partial charge in [-0.15, -0.1) is 13.2 Å². The molecule has 0 unspecified atom stereocenters. The van der Waals surface area contributed by atoms with E-state index >= 15 is 0 Å². The number of carbonyl (C=O) groups excluding carboxylic acids is 1. The van der Waals surface area contributed by atoms with Gasteiger partial charge < -0.3 is 14.2 Å². The van der Waals surface area contributed by atoms with E-state index in [0.717, 1.165) is 20.3 Å². The van der Waals surface area contributed by atoms with Gasteiger partial charge in [-0.3, -0.25) is 0 Å². The van der Waals surface area contributed by atoms with E-state index in [9.17, 15) is 22.4 Å². The first-order valence-electron chi connectivity index (χ1n) is 4.80. The van der Waals surface area contributed by atoms with Crippen LogP contribution in [0, 0.1) is 0 Å². The summed E-state index contributed by atoms with van der Waals surface area (Å²) in [6, 6.07) is 0.801. The van der Waals surface area contributed by atoms with Crippen molar-refractivity contribution in [1.29, 1.82) is 0 Å². The number of ether oxygens (including phenoxy) is 3. The number of esters is 1. The van der Waals surface area contributed by atoms with Crippen LogP contribution in [0.1, 0.15) is 16.1 Å². The third-order valence-electron chi connectivity index (χ3n) is 1.95. The standard InChI is InChI=1S/C10H9F4NO4/c1-17-8-7(19-10(12,13)14)6(9(16)18-2)3-5(4-11)15-8/h3H,4H2,1-2H3. The van der Waals surface area contributed by atoms with E-state index in [1.807, 2.05) is 0 Å². The number of hydrogen-bond donors (Lipinski definition) is 0. The van der Waals surface area contributed by atoms with Gasteiger partial charge in [-0.1, -0.05) is 0 Å². The highest BCUT2D eigenvalue weighted by Crippen LogP contribution is 2.35. The fraction of sp³-hybridized carbons (Fsp3) is 0.400. The van der Waals surface area contributed by atoms with Crippen molar-refractivity contribution in [3.8, 4) is 11.6 Å². The molecule has 0 fully saturated rings. The average Bonchev–Trinajstić information content (AvgIpc) is 2.36. The summed E-state index contributed by atoms with van der Waals surface area (Å²) in [5, 5.41) is 0. The fourth-order valence-electron chi connectivity index (χ4n) is 1.24. The van der Waals surface area contributed by atoms with Crippen LogP contribution in [0.4, 0.5) is 17.6 Å². The second kappa shape index (κ2) is 5.72. The normalized spacial score (nSPS) is 11.1. The third-order valence-corrected chi connectivity index (χ3v) is 1.95. The molecular formula is C10H9F4NO4. The summed E-state index contributed by atoms with van der Waals surface area (Å²) in [6.07, 6.45) is -5.06. The Labute approximate surface area is 105 Å². The van der Waals surface area contributed by atoms with Crippen molar-refractivity contribution in [3.63, 3.8) is 0 Å². The molecular weight excluding hydrogens is 274 g/mol. The van der Waals surface area contributed by atoms with Crippen LogP contribution in [0.15, 0.2) is 6.07 Å². The van der Waals surface area contributed by atoms with Crippen LogP contribution in [-0.2, 0) is 11.4 Å². The molecule has 1 heterocycles. The Balaban J connectivity index is 3.41. The van der Waals surface area contributed by atoms with Gasteiger partial charge in [0.25, 0.3) is 5.88 Å². The van der Waals surface area contributed by atoms with E-state index in [1.54, 1.807) is 0 Å². The molecule has 1 aromatic rings. The Bertz CT molecular complexity index is 475. The van der Waals surface area contributed by atoms with Crippen LogP contribution in [0.2, 0.25) is 0 Å². The molecule has 0 amide bonds. The number of rotatable bonds is 4. The molecule has 1 aromatic heterocycles. The van der Waals surface area contributed by atoms with Crippen molar-refractivity contribution in [2.45, 2.75) is 13.0 Å². The molecule has 0 aliphatic carbocycles. The minimum absolute atomic E-state index is 0.285. The first kappa shape index (κ1) is 15.0. The molecule has 0 radical (unpaired) electrons. The maximum atomic E-state index is 12.5. The Kier molecular flexibility index (Phi) is 4.52. The number of pyridine rings is 1. The number of nitrogens with zero attached hydrogens (tertiary/aromatic N) is 1. The van der Waals surface area contributed by atoms with Crippen LogP contribution in [0.5, 0.6) is 11.6 Å². The van der Waals surface area contributed by atoms with E-state index in [-0.39, 0.29) is 5.69 Å². The van der Waals surface area contributed by atoms with Gasteiger partial charge in [0.2, 0.25) is 5.75 Å². The summed E-state index contributed by atoms with van der Waals surface area (Å²) in [4.78, 5) is 14.8. The second-order valence-electron chi connectivity index (χ2n) is 3.17. The lowest BCUT2D eigenvalue weighted by atomic mass is 10.2. The number of methoxy groups -OCH3 is 2. The molecule has 0 aliphatic rings. The molecule has 0 bridgehead atoms. The summed E-state index contributed by atoms with van der Waals surface area (Å²) in [6.45, 7) is -1.09. The van der Waals surface area contributed by atoms with Crippen molar-refractivity contribution in [3.05, 3.63) is 17.3 Å². The van der Waals surface area contributed by atoms with Gasteiger partial charge in [-0.25, -0.2) is 14.2 Å². The highest BCUT2D eigenvalue weighted by atomic mass is 19.4. The van der Waals surface area contributed by atoms with Crippen LogP contribution < -0.4 is 9.47 Å². The molecule has 0 aliphatic heterocycles. The second-order valence-corrected chi connectivity index (χ2v) is 3.17. The first-order valence-corrected chi connectivity index (χ1v) is 4.80. The lowest BCUT2D eigenvalue weighted by molar-refractivity contribution is -0.275. The van der Waals surface area contributed by atoms with Gasteiger partial charge in [0, 0.05) is 0 Å². The SMILES string of the molecule is COC(=O)c1cc(CF)nc(OC)c1OC(F)(F)F. The van der Waals surface area contributed by atoms with Gasteiger partial charge in [0.05, 0.1) is 19.9 Å². The van der Waals surface area contributed by atoms with Crippen molar-refractivity contribution < 1.29 is 36.6 Å². The molecule has 19 heavy (non-hydrogen) atoms. The molecule has 0 N–H and O–H groups in total. The monoisotopic (exact) mass is 283 g/mol. The molecule has 0 saturated carbocycles. The molecule has 0 aromatic carbocycles. The van der Waals surface area contributed by atoms with Crippen molar-refractivity contribution in [2.75, 3.05) is 14.2 Å². The summed E-state index contributed by atoms with van der Waals surface area (Å²) in [7, 11) is 1.97. The summed E-state index contributed by atoms with van der Waals surface area (Å²) in [5.41, 5.74) is -0.911. The largest absolute Gasteiger partial charge is 0.573 e. The highest BCUT2D eigenvalue weighted by molar-refractivity contribution is 5.93. The zero-order chi connectivity index (χ0) is 14.6. The predicted molar refractivity (Wildman–Crippen MR) is 53.6 cm³/mol. The number of carbonyl (C=O) groups is 1. The van der Waals surface area contributed by atoms with Gasteiger partial charge in [0.1, 0.15) is 12.2 Å². The Hall–Kier alpha value is -2.06. The lowest BCUT2D eigenvalue weighted by Gasteiger charge is -2.15. The van der Waals surface area contributed by atoms with E-state index < -0.39 is 36.2 Å². The van der Waals surface area contributed by atoms with Crippen molar-refractivity contribution >= 4 is 5.97 Å². The number of alkyl halides is 4. The number of hydrogen-bond acceptors (Lipinski definition) is 5. The Morgan fingerprint density at radius 2 is 2.00 bits per heavy atom. The molecule has 0 atom stereocenters. The van der Waals surface area contributed by atoms with E-state index in [0.29, 0.717) is 0 Å². The van der Waals surface area contributed by atoms with Crippen LogP contribution in [0.25, 0.3) is 0 Å². The lowest BCUT2D eigenvalue weighted by Crippen LogP contribution is -2.20. The van der Waals surface area contributed by atoms with E-state index in [4.69, 9.17) is 0 Å². The zero-order valence-electron chi connectivity index (χ0n) is 9.88. The first-order chi connectivity index (χ1) is 8.82. The van der Waals surface area contributed by atoms with Gasteiger partial charge >= 0.3 is 12.3 Å². The van der Waals surface area contributed by atoms with Gasteiger partial charge in [0.15, 0.2) is 0 Å². The number of aromatic nitrogens is 1. The third kappa shape index (κ3) is 3.70. The Morgan fingerprint density at radius 3 is 2.42 bits per heavy atom. The van der Waals surface area contributed by atoms with Crippen molar-refractivity contribution in [2.24, 2.45) is 0 Å². The summed E-state index contributed by atoms with van der Waals surface area (Å²) >= 11 is 0. The van der Waals surface area contributed by atoms with Gasteiger partial charge in [-0.2, -0.15) is 0 Å². The topological polar surface area (TPSA) is 57.7 Å². The maximum Gasteiger partial charge on any atom is 0.573 e. The fourth-order valence-corrected chi connectivity index (χ4v) is 1.24. The maximum absolute atomic E-state index is 12.5. The van der Waals surface area contributed by atoms with E-state index in [2.05, 4.69) is 19.2 Å². The van der Waals surface area contributed by atoms with Crippen LogP contribution in [-0.4, -0.2) is 31.5 Å². The highest BCUT2D eigenvalue weighted by Gasteiger charge is 2.36. The Morgan fingerprint density at radius 1 is 1.37 bits per heavy atom. The minimum Gasteiger partial charge on any atom is -0.478 e. The quantitative estimate of drug-likeness (QED) is 0.626. The molecule has 0 spiro atoms. The van der Waals surface area contributed by atoms with E-state index in [1.165, 1.54) is 0 Å². The number of halogens is 4. The van der Waals surface area contributed by atoms with Crippen molar-refractivity contribution in [1.82, 2.24) is 4.98 Å². The molecule has 1 rings (SSSR count). The summed E-state index contributed by atoms with van der Waals surface area (Å²) in [5.74, 6) is -2.76. The molecule has 0 saturated heterocycles. The molecule has 9 heteroatoms. The van der Waals surface area contributed by atoms with Gasteiger partial charge in [-0.05, 0) is 6.07 Å². The average molecular weight is 283 g/mol. The predicted octanol–water partition coefficient (Wildman–Crippen LogP) is 2.24. The van der Waals surface area contributed by atoms with Crippen LogP contribution in [0.3, 0.4) is 0 Å².